The Hall–Kier alpha value is -2.71. The van der Waals surface area contributed by atoms with Crippen LogP contribution in [0, 0.1) is 0 Å². The lowest BCUT2D eigenvalue weighted by molar-refractivity contribution is 0.448. The lowest BCUT2D eigenvalue weighted by atomic mass is 9.91. The van der Waals surface area contributed by atoms with Crippen molar-refractivity contribution < 1.29 is 8.42 Å². The summed E-state index contributed by atoms with van der Waals surface area (Å²) in [6.45, 7) is 0.195. The van der Waals surface area contributed by atoms with E-state index in [4.69, 9.17) is 11.6 Å². The summed E-state index contributed by atoms with van der Waals surface area (Å²) in [5, 5.41) is 12.4. The number of benzene rings is 2. The van der Waals surface area contributed by atoms with E-state index >= 15 is 0 Å². The normalized spacial score (nSPS) is 17.2. The van der Waals surface area contributed by atoms with Gasteiger partial charge in [-0.05, 0) is 23.3 Å². The van der Waals surface area contributed by atoms with E-state index < -0.39 is 10.0 Å². The Labute approximate surface area is 161 Å². The van der Waals surface area contributed by atoms with Crippen LogP contribution in [0.25, 0.3) is 0 Å². The number of aromatic nitrogens is 3. The van der Waals surface area contributed by atoms with Crippen molar-refractivity contribution >= 4 is 27.3 Å². The van der Waals surface area contributed by atoms with Crippen molar-refractivity contribution in [2.24, 2.45) is 12.1 Å². The lowest BCUT2D eigenvalue weighted by Gasteiger charge is -2.15. The maximum absolute atomic E-state index is 12.9. The van der Waals surface area contributed by atoms with Gasteiger partial charge in [-0.25, -0.2) is 0 Å². The third-order valence-electron chi connectivity index (χ3n) is 4.35. The Morgan fingerprint density at radius 2 is 1.78 bits per heavy atom. The summed E-state index contributed by atoms with van der Waals surface area (Å²) in [7, 11) is -2.27. The molecule has 1 unspecified atom stereocenters. The van der Waals surface area contributed by atoms with E-state index in [0.717, 1.165) is 15.5 Å². The molecule has 1 aliphatic rings. The second-order valence-electron chi connectivity index (χ2n) is 6.20. The third kappa shape index (κ3) is 3.33. The molecular formula is C18H16ClN5O2S. The fourth-order valence-corrected chi connectivity index (χ4v) is 4.31. The van der Waals surface area contributed by atoms with Crippen molar-refractivity contribution in [1.82, 2.24) is 19.4 Å². The van der Waals surface area contributed by atoms with Crippen LogP contribution in [0.1, 0.15) is 17.0 Å². The van der Waals surface area contributed by atoms with Crippen LogP contribution in [0.3, 0.4) is 0 Å². The molecule has 0 fully saturated rings. The topological polar surface area (TPSA) is 80.5 Å². The minimum absolute atomic E-state index is 0.127. The van der Waals surface area contributed by atoms with Gasteiger partial charge in [0.25, 0.3) is 10.0 Å². The molecule has 2 aromatic carbocycles. The lowest BCUT2D eigenvalue weighted by Crippen LogP contribution is -2.26. The first-order valence-corrected chi connectivity index (χ1v) is 10.1. The van der Waals surface area contributed by atoms with E-state index in [-0.39, 0.29) is 17.5 Å². The standard InChI is InChI=1S/C18H16ClN5O2S/c1-23-12-17(20-22-23)27(25,26)24-11-16(13-5-3-2-4-6-13)18(21-24)14-7-9-15(19)10-8-14/h2-10,12,16H,11H2,1H3. The van der Waals surface area contributed by atoms with E-state index in [2.05, 4.69) is 15.4 Å². The van der Waals surface area contributed by atoms with Crippen molar-refractivity contribution in [2.45, 2.75) is 10.9 Å². The number of rotatable bonds is 4. The second-order valence-corrected chi connectivity index (χ2v) is 8.42. The predicted molar refractivity (Wildman–Crippen MR) is 102 cm³/mol. The van der Waals surface area contributed by atoms with Crippen molar-refractivity contribution in [3.8, 4) is 0 Å². The highest BCUT2D eigenvalue weighted by Gasteiger charge is 2.37. The van der Waals surface area contributed by atoms with Gasteiger partial charge in [0.2, 0.25) is 5.03 Å². The average molecular weight is 402 g/mol. The molecule has 7 nitrogen and oxygen atoms in total. The number of nitrogens with zero attached hydrogens (tertiary/aromatic N) is 5. The van der Waals surface area contributed by atoms with Gasteiger partial charge in [-0.2, -0.15) is 17.9 Å². The number of aryl methyl sites for hydroxylation is 1. The molecule has 0 radical (unpaired) electrons. The molecule has 0 saturated carbocycles. The molecule has 0 bridgehead atoms. The van der Waals surface area contributed by atoms with E-state index in [1.165, 1.54) is 10.9 Å². The summed E-state index contributed by atoms with van der Waals surface area (Å²) in [4.78, 5) is 0. The van der Waals surface area contributed by atoms with Crippen LogP contribution in [0.15, 0.2) is 70.9 Å². The third-order valence-corrected chi connectivity index (χ3v) is 6.11. The molecule has 1 atom stereocenters. The molecule has 0 spiro atoms. The van der Waals surface area contributed by atoms with Gasteiger partial charge in [-0.1, -0.05) is 59.3 Å². The summed E-state index contributed by atoms with van der Waals surface area (Å²) in [6, 6.07) is 16.9. The monoisotopic (exact) mass is 401 g/mol. The van der Waals surface area contributed by atoms with Gasteiger partial charge < -0.3 is 0 Å². The van der Waals surface area contributed by atoms with Gasteiger partial charge in [0.05, 0.1) is 18.5 Å². The summed E-state index contributed by atoms with van der Waals surface area (Å²) < 4.78 is 28.3. The molecule has 0 saturated heterocycles. The van der Waals surface area contributed by atoms with Crippen LogP contribution in [-0.4, -0.2) is 40.1 Å². The molecule has 1 aromatic heterocycles. The zero-order valence-electron chi connectivity index (χ0n) is 14.4. The molecule has 0 N–H and O–H groups in total. The molecule has 4 rings (SSSR count). The van der Waals surface area contributed by atoms with Gasteiger partial charge in [0.1, 0.15) is 0 Å². The number of sulfonamides is 1. The highest BCUT2D eigenvalue weighted by atomic mass is 35.5. The van der Waals surface area contributed by atoms with Gasteiger partial charge in [-0.3, -0.25) is 4.68 Å². The molecule has 1 aliphatic heterocycles. The quantitative estimate of drug-likeness (QED) is 0.673. The molecule has 3 aromatic rings. The first-order chi connectivity index (χ1) is 12.9. The summed E-state index contributed by atoms with van der Waals surface area (Å²) >= 11 is 5.99. The van der Waals surface area contributed by atoms with Crippen LogP contribution in [0.2, 0.25) is 5.02 Å². The van der Waals surface area contributed by atoms with E-state index in [1.807, 2.05) is 42.5 Å². The molecule has 27 heavy (non-hydrogen) atoms. The van der Waals surface area contributed by atoms with Crippen molar-refractivity contribution in [1.29, 1.82) is 0 Å². The molecule has 2 heterocycles. The largest absolute Gasteiger partial charge is 0.300 e. The fourth-order valence-electron chi connectivity index (χ4n) is 3.01. The van der Waals surface area contributed by atoms with Crippen LogP contribution < -0.4 is 0 Å². The van der Waals surface area contributed by atoms with Gasteiger partial charge in [0.15, 0.2) is 0 Å². The molecule has 138 valence electrons. The first kappa shape index (κ1) is 17.7. The van der Waals surface area contributed by atoms with E-state index in [9.17, 15) is 8.42 Å². The van der Waals surface area contributed by atoms with Crippen LogP contribution >= 0.6 is 11.6 Å². The van der Waals surface area contributed by atoms with E-state index in [1.54, 1.807) is 19.2 Å². The van der Waals surface area contributed by atoms with Crippen LogP contribution in [0.4, 0.5) is 0 Å². The van der Waals surface area contributed by atoms with Crippen molar-refractivity contribution in [3.63, 3.8) is 0 Å². The molecule has 0 amide bonds. The molecular weight excluding hydrogens is 386 g/mol. The van der Waals surface area contributed by atoms with Gasteiger partial charge >= 0.3 is 0 Å². The van der Waals surface area contributed by atoms with Crippen LogP contribution in [0.5, 0.6) is 0 Å². The summed E-state index contributed by atoms with van der Waals surface area (Å²) in [6.07, 6.45) is 1.36. The maximum atomic E-state index is 12.9. The second kappa shape index (κ2) is 6.79. The predicted octanol–water partition coefficient (Wildman–Crippen LogP) is 2.66. The first-order valence-electron chi connectivity index (χ1n) is 8.23. The summed E-state index contributed by atoms with van der Waals surface area (Å²) in [5.74, 6) is -0.196. The smallest absolute Gasteiger partial charge is 0.254 e. The highest BCUT2D eigenvalue weighted by Crippen LogP contribution is 2.32. The number of hydrazone groups is 1. The summed E-state index contributed by atoms with van der Waals surface area (Å²) in [5.41, 5.74) is 2.48. The van der Waals surface area contributed by atoms with Crippen molar-refractivity contribution in [2.75, 3.05) is 6.54 Å². The van der Waals surface area contributed by atoms with E-state index in [0.29, 0.717) is 10.7 Å². The van der Waals surface area contributed by atoms with Gasteiger partial charge in [0, 0.05) is 18.0 Å². The zero-order valence-corrected chi connectivity index (χ0v) is 16.0. The van der Waals surface area contributed by atoms with Crippen LogP contribution in [-0.2, 0) is 17.1 Å². The Morgan fingerprint density at radius 3 is 2.41 bits per heavy atom. The fraction of sp³-hybridized carbons (Fsp3) is 0.167. The Morgan fingerprint density at radius 1 is 1.07 bits per heavy atom. The SMILES string of the molecule is Cn1cc(S(=O)(=O)N2CC(c3ccccc3)C(c3ccc(Cl)cc3)=N2)nn1. The number of hydrogen-bond acceptors (Lipinski definition) is 5. The number of hydrogen-bond donors (Lipinski definition) is 0. The zero-order chi connectivity index (χ0) is 19.0. The maximum Gasteiger partial charge on any atom is 0.300 e. The van der Waals surface area contributed by atoms with Gasteiger partial charge in [-0.15, -0.1) is 5.10 Å². The molecule has 9 heteroatoms. The van der Waals surface area contributed by atoms with Crippen molar-refractivity contribution in [3.05, 3.63) is 76.9 Å². The Bertz CT molecular complexity index is 1090. The average Bonchev–Trinajstić information content (AvgIpc) is 3.30. The number of halogens is 1. The Kier molecular flexibility index (Phi) is 4.45. The minimum Gasteiger partial charge on any atom is -0.254 e. The Balaban J connectivity index is 1.78. The molecule has 0 aliphatic carbocycles. The highest BCUT2D eigenvalue weighted by molar-refractivity contribution is 7.89. The minimum atomic E-state index is -3.88.